The van der Waals surface area contributed by atoms with Crippen LogP contribution in [0.25, 0.3) is 0 Å². The average molecular weight is 206 g/mol. The Balaban J connectivity index is 0.00000144. The summed E-state index contributed by atoms with van der Waals surface area (Å²) in [4.78, 5) is 2.54. The third-order valence-electron chi connectivity index (χ3n) is 3.22. The van der Waals surface area contributed by atoms with E-state index in [1.54, 1.807) is 0 Å². The highest BCUT2D eigenvalue weighted by Gasteiger charge is 2.15. The summed E-state index contributed by atoms with van der Waals surface area (Å²) in [5, 5.41) is 0. The van der Waals surface area contributed by atoms with E-state index in [2.05, 4.69) is 18.7 Å². The zero-order chi connectivity index (χ0) is 8.81. The molecule has 13 heavy (non-hydrogen) atoms. The van der Waals surface area contributed by atoms with Gasteiger partial charge in [0.05, 0.1) is 0 Å². The first-order valence-electron chi connectivity index (χ1n) is 5.59. The molecule has 1 aliphatic rings. The lowest BCUT2D eigenvalue weighted by atomic mass is 10.0. The largest absolute Gasteiger partial charge is 0.304 e. The number of nitrogens with zero attached hydrogens (tertiary/aromatic N) is 1. The molecule has 1 saturated carbocycles. The Kier molecular flexibility index (Phi) is 7.78. The van der Waals surface area contributed by atoms with Crippen LogP contribution in [0.15, 0.2) is 0 Å². The zero-order valence-corrected chi connectivity index (χ0v) is 9.91. The van der Waals surface area contributed by atoms with E-state index in [-0.39, 0.29) is 12.4 Å². The van der Waals surface area contributed by atoms with Gasteiger partial charge < -0.3 is 4.90 Å². The first-order chi connectivity index (χ1) is 5.86. The highest BCUT2D eigenvalue weighted by Crippen LogP contribution is 2.27. The quantitative estimate of drug-likeness (QED) is 0.666. The van der Waals surface area contributed by atoms with Crippen LogP contribution in [0.1, 0.15) is 46.0 Å². The predicted octanol–water partition coefficient (Wildman–Crippen LogP) is 3.33. The van der Waals surface area contributed by atoms with Crippen molar-refractivity contribution in [2.75, 3.05) is 19.6 Å². The minimum atomic E-state index is 0. The number of hydrogen-bond donors (Lipinski definition) is 0. The van der Waals surface area contributed by atoms with E-state index in [0.29, 0.717) is 0 Å². The molecule has 0 N–H and O–H groups in total. The second-order valence-corrected chi connectivity index (χ2v) is 3.97. The fraction of sp³-hybridized carbons (Fsp3) is 1.00. The normalized spacial score (nSPS) is 17.8. The summed E-state index contributed by atoms with van der Waals surface area (Å²) in [5.74, 6) is 1.06. The summed E-state index contributed by atoms with van der Waals surface area (Å²) in [6.45, 7) is 8.31. The number of rotatable bonds is 5. The van der Waals surface area contributed by atoms with Crippen molar-refractivity contribution in [2.45, 2.75) is 46.0 Å². The summed E-state index contributed by atoms with van der Waals surface area (Å²) >= 11 is 0. The molecule has 80 valence electrons. The van der Waals surface area contributed by atoms with E-state index in [9.17, 15) is 0 Å². The molecule has 1 fully saturated rings. The second-order valence-electron chi connectivity index (χ2n) is 3.97. The zero-order valence-electron chi connectivity index (χ0n) is 9.09. The maximum Gasteiger partial charge on any atom is -0.00163 e. The highest BCUT2D eigenvalue weighted by atomic mass is 35.5. The van der Waals surface area contributed by atoms with Crippen LogP contribution in [0.5, 0.6) is 0 Å². The van der Waals surface area contributed by atoms with Gasteiger partial charge in [0, 0.05) is 0 Å². The third-order valence-corrected chi connectivity index (χ3v) is 3.22. The van der Waals surface area contributed by atoms with Gasteiger partial charge in [0.15, 0.2) is 0 Å². The SMILES string of the molecule is CCN(CC)CCC1CCCC1.Cl. The van der Waals surface area contributed by atoms with E-state index in [1.807, 2.05) is 0 Å². The molecule has 2 heteroatoms. The van der Waals surface area contributed by atoms with Gasteiger partial charge in [0.2, 0.25) is 0 Å². The van der Waals surface area contributed by atoms with Crippen LogP contribution in [0.3, 0.4) is 0 Å². The minimum absolute atomic E-state index is 0. The van der Waals surface area contributed by atoms with Gasteiger partial charge in [-0.25, -0.2) is 0 Å². The molecule has 0 aromatic heterocycles. The molecule has 0 aromatic carbocycles. The van der Waals surface area contributed by atoms with Crippen molar-refractivity contribution in [3.05, 3.63) is 0 Å². The van der Waals surface area contributed by atoms with Crippen LogP contribution in [0.4, 0.5) is 0 Å². The van der Waals surface area contributed by atoms with Crippen molar-refractivity contribution in [3.63, 3.8) is 0 Å². The minimum Gasteiger partial charge on any atom is -0.304 e. The molecule has 0 spiro atoms. The maximum atomic E-state index is 2.54. The Labute approximate surface area is 89.3 Å². The topological polar surface area (TPSA) is 3.24 Å². The molecule has 0 atom stereocenters. The molecule has 0 aliphatic heterocycles. The summed E-state index contributed by atoms with van der Waals surface area (Å²) in [5.41, 5.74) is 0. The van der Waals surface area contributed by atoms with Crippen LogP contribution in [-0.2, 0) is 0 Å². The maximum absolute atomic E-state index is 2.54. The molecular weight excluding hydrogens is 182 g/mol. The van der Waals surface area contributed by atoms with Crippen molar-refractivity contribution in [2.24, 2.45) is 5.92 Å². The van der Waals surface area contributed by atoms with Crippen LogP contribution in [0.2, 0.25) is 0 Å². The van der Waals surface area contributed by atoms with Gasteiger partial charge in [-0.3, -0.25) is 0 Å². The van der Waals surface area contributed by atoms with Crippen molar-refractivity contribution in [1.82, 2.24) is 4.90 Å². The molecule has 1 aliphatic carbocycles. The molecule has 1 rings (SSSR count). The lowest BCUT2D eigenvalue weighted by molar-refractivity contribution is 0.276. The average Bonchev–Trinajstić information content (AvgIpc) is 2.59. The van der Waals surface area contributed by atoms with Crippen LogP contribution >= 0.6 is 12.4 Å². The van der Waals surface area contributed by atoms with Gasteiger partial charge in [0.25, 0.3) is 0 Å². The van der Waals surface area contributed by atoms with Gasteiger partial charge in [-0.1, -0.05) is 39.5 Å². The van der Waals surface area contributed by atoms with Gasteiger partial charge >= 0.3 is 0 Å². The number of hydrogen-bond acceptors (Lipinski definition) is 1. The van der Waals surface area contributed by atoms with E-state index in [1.165, 1.54) is 51.7 Å². The first kappa shape index (κ1) is 13.2. The standard InChI is InChI=1S/C11H23N.ClH/c1-3-12(4-2)10-9-11-7-5-6-8-11;/h11H,3-10H2,1-2H3;1H. The van der Waals surface area contributed by atoms with E-state index >= 15 is 0 Å². The third kappa shape index (κ3) is 4.87. The molecule has 0 heterocycles. The van der Waals surface area contributed by atoms with Gasteiger partial charge in [-0.15, -0.1) is 12.4 Å². The molecule has 0 amide bonds. The lowest BCUT2D eigenvalue weighted by Crippen LogP contribution is -2.25. The first-order valence-corrected chi connectivity index (χ1v) is 5.59. The molecule has 0 bridgehead atoms. The van der Waals surface area contributed by atoms with E-state index in [4.69, 9.17) is 0 Å². The lowest BCUT2D eigenvalue weighted by Gasteiger charge is -2.19. The molecule has 0 aromatic rings. The molecular formula is C11H24ClN. The fourth-order valence-corrected chi connectivity index (χ4v) is 2.20. The van der Waals surface area contributed by atoms with E-state index in [0.717, 1.165) is 5.92 Å². The van der Waals surface area contributed by atoms with Gasteiger partial charge in [-0.2, -0.15) is 0 Å². The summed E-state index contributed by atoms with van der Waals surface area (Å²) in [7, 11) is 0. The van der Waals surface area contributed by atoms with E-state index < -0.39 is 0 Å². The second kappa shape index (κ2) is 7.64. The molecule has 0 unspecified atom stereocenters. The Bertz CT molecular complexity index is 105. The summed E-state index contributed by atoms with van der Waals surface area (Å²) in [6, 6.07) is 0. The molecule has 0 saturated heterocycles. The Morgan fingerprint density at radius 1 is 1.08 bits per heavy atom. The van der Waals surface area contributed by atoms with Crippen molar-refractivity contribution < 1.29 is 0 Å². The molecule has 0 radical (unpaired) electrons. The van der Waals surface area contributed by atoms with Crippen LogP contribution in [-0.4, -0.2) is 24.5 Å². The predicted molar refractivity (Wildman–Crippen MR) is 61.6 cm³/mol. The van der Waals surface area contributed by atoms with Gasteiger partial charge in [0.1, 0.15) is 0 Å². The Hall–Kier alpha value is 0.250. The van der Waals surface area contributed by atoms with Crippen LogP contribution in [0, 0.1) is 5.92 Å². The number of halogens is 1. The van der Waals surface area contributed by atoms with Gasteiger partial charge in [-0.05, 0) is 32.0 Å². The monoisotopic (exact) mass is 205 g/mol. The Morgan fingerprint density at radius 2 is 1.62 bits per heavy atom. The van der Waals surface area contributed by atoms with Crippen molar-refractivity contribution in [1.29, 1.82) is 0 Å². The molecule has 1 nitrogen and oxygen atoms in total. The highest BCUT2D eigenvalue weighted by molar-refractivity contribution is 5.85. The van der Waals surface area contributed by atoms with Crippen molar-refractivity contribution >= 4 is 12.4 Å². The van der Waals surface area contributed by atoms with Crippen LogP contribution < -0.4 is 0 Å². The smallest absolute Gasteiger partial charge is 0.00163 e. The Morgan fingerprint density at radius 3 is 2.08 bits per heavy atom. The van der Waals surface area contributed by atoms with Crippen molar-refractivity contribution in [3.8, 4) is 0 Å². The summed E-state index contributed by atoms with van der Waals surface area (Å²) in [6.07, 6.45) is 7.43. The fourth-order valence-electron chi connectivity index (χ4n) is 2.20. The summed E-state index contributed by atoms with van der Waals surface area (Å²) < 4.78 is 0.